The third-order valence-electron chi connectivity index (χ3n) is 6.53. The van der Waals surface area contributed by atoms with Gasteiger partial charge in [0.25, 0.3) is 0 Å². The quantitative estimate of drug-likeness (QED) is 0.769. The normalized spacial score (nSPS) is 24.7. The van der Waals surface area contributed by atoms with Gasteiger partial charge in [0.2, 0.25) is 5.91 Å². The lowest BCUT2D eigenvalue weighted by Gasteiger charge is -2.42. The molecule has 0 saturated carbocycles. The van der Waals surface area contributed by atoms with E-state index in [1.54, 1.807) is 13.4 Å². The smallest absolute Gasteiger partial charge is 0.226 e. The zero-order valence-corrected chi connectivity index (χ0v) is 17.1. The Morgan fingerprint density at radius 2 is 1.86 bits per heavy atom. The van der Waals surface area contributed by atoms with Crippen molar-refractivity contribution in [3.63, 3.8) is 0 Å². The summed E-state index contributed by atoms with van der Waals surface area (Å²) in [6.07, 6.45) is 8.47. The number of aromatic nitrogens is 2. The molecule has 0 bridgehead atoms. The third kappa shape index (κ3) is 4.46. The monoisotopic (exact) mass is 387 g/mol. The Labute approximate surface area is 168 Å². The van der Waals surface area contributed by atoms with Gasteiger partial charge in [-0.2, -0.15) is 0 Å². The van der Waals surface area contributed by atoms with Crippen molar-refractivity contribution in [1.82, 2.24) is 19.8 Å². The summed E-state index contributed by atoms with van der Waals surface area (Å²) in [4.78, 5) is 28.6. The van der Waals surface area contributed by atoms with Crippen LogP contribution in [0, 0.1) is 5.92 Å². The van der Waals surface area contributed by atoms with Gasteiger partial charge in [0.05, 0.1) is 18.2 Å². The van der Waals surface area contributed by atoms with Crippen molar-refractivity contribution in [2.75, 3.05) is 51.3 Å². The van der Waals surface area contributed by atoms with Crippen LogP contribution in [0.3, 0.4) is 0 Å². The van der Waals surface area contributed by atoms with Crippen LogP contribution in [-0.4, -0.2) is 78.1 Å². The Bertz CT molecular complexity index is 656. The zero-order valence-electron chi connectivity index (χ0n) is 17.1. The van der Waals surface area contributed by atoms with Gasteiger partial charge in [0.1, 0.15) is 12.1 Å². The lowest BCUT2D eigenvalue weighted by atomic mass is 9.93. The van der Waals surface area contributed by atoms with E-state index in [1.165, 1.54) is 12.8 Å². The summed E-state index contributed by atoms with van der Waals surface area (Å²) in [6.45, 7) is 6.57. The minimum absolute atomic E-state index is 0.211. The lowest BCUT2D eigenvalue weighted by molar-refractivity contribution is -0.136. The molecule has 154 valence electrons. The maximum absolute atomic E-state index is 12.8. The number of hydrogen-bond donors (Lipinski definition) is 0. The van der Waals surface area contributed by atoms with Gasteiger partial charge < -0.3 is 14.5 Å². The number of methoxy groups -OCH3 is 1. The molecule has 0 spiro atoms. The van der Waals surface area contributed by atoms with E-state index in [4.69, 9.17) is 4.74 Å². The largest absolute Gasteiger partial charge is 0.378 e. The number of carbonyl (C=O) groups excluding carboxylic acids is 1. The van der Waals surface area contributed by atoms with Crippen molar-refractivity contribution in [3.8, 4) is 0 Å². The van der Waals surface area contributed by atoms with E-state index < -0.39 is 0 Å². The fourth-order valence-electron chi connectivity index (χ4n) is 4.98. The van der Waals surface area contributed by atoms with E-state index in [1.807, 2.05) is 6.07 Å². The van der Waals surface area contributed by atoms with Crippen molar-refractivity contribution in [3.05, 3.63) is 18.1 Å². The van der Waals surface area contributed by atoms with Crippen molar-refractivity contribution in [2.45, 2.75) is 51.2 Å². The molecule has 7 heteroatoms. The third-order valence-corrected chi connectivity index (χ3v) is 6.53. The number of piperidine rings is 2. The molecule has 0 N–H and O–H groups in total. The molecule has 0 radical (unpaired) electrons. The number of anilines is 1. The second kappa shape index (κ2) is 9.18. The molecule has 7 nitrogen and oxygen atoms in total. The van der Waals surface area contributed by atoms with Gasteiger partial charge >= 0.3 is 0 Å². The SMILES string of the molecule is COCc1cc(N2CCC(N3CCC[C@H](C(=O)N4CCCC4)C3)CC2)ncn1. The maximum atomic E-state index is 12.8. The molecule has 1 amide bonds. The number of nitrogens with zero attached hydrogens (tertiary/aromatic N) is 5. The van der Waals surface area contributed by atoms with Crippen LogP contribution in [0.25, 0.3) is 0 Å². The van der Waals surface area contributed by atoms with Crippen molar-refractivity contribution < 1.29 is 9.53 Å². The van der Waals surface area contributed by atoms with Crippen molar-refractivity contribution in [1.29, 1.82) is 0 Å². The van der Waals surface area contributed by atoms with E-state index in [0.29, 0.717) is 18.6 Å². The first-order chi connectivity index (χ1) is 13.7. The zero-order chi connectivity index (χ0) is 19.3. The highest BCUT2D eigenvalue weighted by atomic mass is 16.5. The average Bonchev–Trinajstić information content (AvgIpc) is 3.29. The highest BCUT2D eigenvalue weighted by Crippen LogP contribution is 2.27. The summed E-state index contributed by atoms with van der Waals surface area (Å²) in [6, 6.07) is 2.63. The summed E-state index contributed by atoms with van der Waals surface area (Å²) < 4.78 is 5.19. The van der Waals surface area contributed by atoms with Crippen LogP contribution < -0.4 is 4.90 Å². The number of carbonyl (C=O) groups is 1. The molecule has 3 aliphatic rings. The Hall–Kier alpha value is -1.73. The summed E-state index contributed by atoms with van der Waals surface area (Å²) in [5, 5.41) is 0. The van der Waals surface area contributed by atoms with Crippen molar-refractivity contribution >= 4 is 11.7 Å². The molecule has 3 fully saturated rings. The van der Waals surface area contributed by atoms with Gasteiger partial charge in [-0.3, -0.25) is 9.69 Å². The van der Waals surface area contributed by atoms with Crippen LogP contribution in [0.1, 0.15) is 44.2 Å². The topological polar surface area (TPSA) is 61.8 Å². The van der Waals surface area contributed by atoms with Gasteiger partial charge in [-0.25, -0.2) is 9.97 Å². The Balaban J connectivity index is 1.30. The molecule has 1 aromatic rings. The molecule has 4 heterocycles. The standard InChI is InChI=1S/C21H33N5O2/c1-28-15-18-13-20(23-16-22-18)24-11-6-19(7-12-24)26-10-4-5-17(14-26)21(27)25-8-2-3-9-25/h13,16-17,19H,2-12,14-15H2,1H3/t17-/m0/s1. The van der Waals surface area contributed by atoms with Crippen LogP contribution in [0.15, 0.2) is 12.4 Å². The minimum Gasteiger partial charge on any atom is -0.378 e. The Kier molecular flexibility index (Phi) is 6.42. The fraction of sp³-hybridized carbons (Fsp3) is 0.762. The molecular weight excluding hydrogens is 354 g/mol. The molecule has 3 aliphatic heterocycles. The molecular formula is C21H33N5O2. The minimum atomic E-state index is 0.211. The van der Waals surface area contributed by atoms with Crippen LogP contribution in [0.4, 0.5) is 5.82 Å². The Morgan fingerprint density at radius 1 is 1.07 bits per heavy atom. The van der Waals surface area contributed by atoms with E-state index in [0.717, 1.165) is 76.5 Å². The summed E-state index contributed by atoms with van der Waals surface area (Å²) in [5.41, 5.74) is 0.925. The number of rotatable bonds is 5. The summed E-state index contributed by atoms with van der Waals surface area (Å²) in [7, 11) is 1.69. The predicted molar refractivity (Wildman–Crippen MR) is 108 cm³/mol. The van der Waals surface area contributed by atoms with Crippen LogP contribution in [-0.2, 0) is 16.1 Å². The second-order valence-electron chi connectivity index (χ2n) is 8.39. The highest BCUT2D eigenvalue weighted by Gasteiger charge is 2.34. The molecule has 0 aliphatic carbocycles. The van der Waals surface area contributed by atoms with Crippen LogP contribution >= 0.6 is 0 Å². The lowest BCUT2D eigenvalue weighted by Crippen LogP contribution is -2.51. The molecule has 4 rings (SSSR count). The Morgan fingerprint density at radius 3 is 2.61 bits per heavy atom. The number of amides is 1. The number of hydrogen-bond acceptors (Lipinski definition) is 6. The molecule has 28 heavy (non-hydrogen) atoms. The molecule has 3 saturated heterocycles. The van der Waals surface area contributed by atoms with Gasteiger partial charge in [0.15, 0.2) is 0 Å². The molecule has 0 aromatic carbocycles. The first kappa shape index (κ1) is 19.6. The van der Waals surface area contributed by atoms with Crippen LogP contribution in [0.2, 0.25) is 0 Å². The average molecular weight is 388 g/mol. The second-order valence-corrected chi connectivity index (χ2v) is 8.39. The summed E-state index contributed by atoms with van der Waals surface area (Å²) in [5.74, 6) is 1.62. The van der Waals surface area contributed by atoms with Crippen molar-refractivity contribution in [2.24, 2.45) is 5.92 Å². The van der Waals surface area contributed by atoms with E-state index in [2.05, 4.69) is 24.7 Å². The number of ether oxygens (including phenoxy) is 1. The predicted octanol–water partition coefficient (Wildman–Crippen LogP) is 1.93. The summed E-state index contributed by atoms with van der Waals surface area (Å²) >= 11 is 0. The van der Waals surface area contributed by atoms with Gasteiger partial charge in [0, 0.05) is 51.9 Å². The molecule has 1 aromatic heterocycles. The fourth-order valence-corrected chi connectivity index (χ4v) is 4.98. The molecule has 0 unspecified atom stereocenters. The van der Waals surface area contributed by atoms with Gasteiger partial charge in [-0.15, -0.1) is 0 Å². The number of likely N-dealkylation sites (tertiary alicyclic amines) is 2. The highest BCUT2D eigenvalue weighted by molar-refractivity contribution is 5.79. The first-order valence-electron chi connectivity index (χ1n) is 10.8. The maximum Gasteiger partial charge on any atom is 0.226 e. The first-order valence-corrected chi connectivity index (χ1v) is 10.8. The van der Waals surface area contributed by atoms with Gasteiger partial charge in [-0.05, 0) is 45.1 Å². The van der Waals surface area contributed by atoms with E-state index in [-0.39, 0.29) is 5.92 Å². The van der Waals surface area contributed by atoms with E-state index in [9.17, 15) is 4.79 Å². The van der Waals surface area contributed by atoms with Gasteiger partial charge in [-0.1, -0.05) is 0 Å². The van der Waals surface area contributed by atoms with Crippen LogP contribution in [0.5, 0.6) is 0 Å². The molecule has 1 atom stereocenters. The van der Waals surface area contributed by atoms with E-state index >= 15 is 0 Å².